The molecule has 4 nitrogen and oxygen atoms in total. The van der Waals surface area contributed by atoms with E-state index in [2.05, 4.69) is 191 Å². The van der Waals surface area contributed by atoms with Crippen molar-refractivity contribution >= 4 is 54.4 Å². The molecule has 4 heteroatoms. The highest BCUT2D eigenvalue weighted by Gasteiger charge is 2.22. The highest BCUT2D eigenvalue weighted by Crippen LogP contribution is 2.43. The summed E-state index contributed by atoms with van der Waals surface area (Å²) in [5.74, 6) is 0.695. The molecule has 0 radical (unpaired) electrons. The molecule has 0 unspecified atom stereocenters. The SMILES string of the molecule is c1ccc(-c2cc(-c3ccccc3)nc(-c3cc(-n4c5ccccc5c5c4ccc4c6ccccc6n(-c6ccccc6)c45)cc4ccccc34)n2)cc1. The molecule has 0 aliphatic rings. The van der Waals surface area contributed by atoms with Crippen LogP contribution in [0, 0.1) is 0 Å². The van der Waals surface area contributed by atoms with Crippen molar-refractivity contribution in [3.8, 4) is 45.3 Å². The second-order valence-corrected chi connectivity index (χ2v) is 13.8. The first kappa shape index (κ1) is 30.3. The Labute approximate surface area is 311 Å². The lowest BCUT2D eigenvalue weighted by Crippen LogP contribution is -1.99. The van der Waals surface area contributed by atoms with Gasteiger partial charge in [0, 0.05) is 49.6 Å². The number of rotatable bonds is 5. The summed E-state index contributed by atoms with van der Waals surface area (Å²) >= 11 is 0. The summed E-state index contributed by atoms with van der Waals surface area (Å²) in [6, 6.07) is 68.9. The number of benzene rings is 8. The van der Waals surface area contributed by atoms with Gasteiger partial charge in [0.25, 0.3) is 0 Å². The maximum atomic E-state index is 5.28. The highest BCUT2D eigenvalue weighted by molar-refractivity contribution is 6.26. The summed E-state index contributed by atoms with van der Waals surface area (Å²) in [6.45, 7) is 0. The third-order valence-corrected chi connectivity index (χ3v) is 10.7. The van der Waals surface area contributed by atoms with Gasteiger partial charge in [0.2, 0.25) is 0 Å². The molecule has 54 heavy (non-hydrogen) atoms. The monoisotopic (exact) mass is 688 g/mol. The minimum Gasteiger partial charge on any atom is -0.309 e. The Morgan fingerprint density at radius 1 is 0.352 bits per heavy atom. The summed E-state index contributed by atoms with van der Waals surface area (Å²) < 4.78 is 4.86. The molecule has 0 aliphatic heterocycles. The molecule has 0 saturated carbocycles. The van der Waals surface area contributed by atoms with Crippen LogP contribution < -0.4 is 0 Å². The van der Waals surface area contributed by atoms with Gasteiger partial charge in [-0.3, -0.25) is 0 Å². The topological polar surface area (TPSA) is 35.6 Å². The number of aromatic nitrogens is 4. The standard InChI is InChI=1S/C50H32N4/c1-4-16-33(17-5-1)43-32-44(34-18-6-2-7-19-34)52-50(51-43)42-31-37(30-35-20-10-11-23-38(35)42)53-46-27-15-13-25-41(46)48-47(53)29-28-40-39-24-12-14-26-45(39)54(49(40)48)36-21-8-3-9-22-36/h1-32H. The lowest BCUT2D eigenvalue weighted by atomic mass is 10.0. The summed E-state index contributed by atoms with van der Waals surface area (Å²) in [4.78, 5) is 10.6. The van der Waals surface area contributed by atoms with Crippen LogP contribution in [0.5, 0.6) is 0 Å². The fourth-order valence-corrected chi connectivity index (χ4v) is 8.32. The fraction of sp³-hybridized carbons (Fsp3) is 0. The Bertz CT molecular complexity index is 3140. The largest absolute Gasteiger partial charge is 0.309 e. The van der Waals surface area contributed by atoms with Gasteiger partial charge in [-0.05, 0) is 59.3 Å². The van der Waals surface area contributed by atoms with Crippen LogP contribution in [0.25, 0.3) is 99.7 Å². The van der Waals surface area contributed by atoms with E-state index in [9.17, 15) is 0 Å². The van der Waals surface area contributed by atoms with Crippen molar-refractivity contribution in [1.29, 1.82) is 0 Å². The van der Waals surface area contributed by atoms with Gasteiger partial charge in [0.05, 0.1) is 33.5 Å². The molecule has 0 N–H and O–H groups in total. The molecule has 3 aromatic heterocycles. The second kappa shape index (κ2) is 12.1. The molecule has 11 rings (SSSR count). The maximum absolute atomic E-state index is 5.28. The van der Waals surface area contributed by atoms with Crippen LogP contribution in [0.2, 0.25) is 0 Å². The lowest BCUT2D eigenvalue weighted by molar-refractivity contribution is 1.16. The Kier molecular flexibility index (Phi) is 6.82. The molecule has 8 aromatic carbocycles. The number of hydrogen-bond acceptors (Lipinski definition) is 2. The van der Waals surface area contributed by atoms with Crippen molar-refractivity contribution < 1.29 is 0 Å². The molecule has 0 amide bonds. The third kappa shape index (κ3) is 4.70. The van der Waals surface area contributed by atoms with E-state index in [1.807, 2.05) is 12.1 Å². The Morgan fingerprint density at radius 3 is 1.59 bits per heavy atom. The first-order chi connectivity index (χ1) is 26.8. The molecule has 0 fully saturated rings. The van der Waals surface area contributed by atoms with E-state index in [1.54, 1.807) is 0 Å². The van der Waals surface area contributed by atoms with E-state index in [4.69, 9.17) is 9.97 Å². The summed E-state index contributed by atoms with van der Waals surface area (Å²) in [7, 11) is 0. The van der Waals surface area contributed by atoms with Gasteiger partial charge in [0.1, 0.15) is 0 Å². The molecule has 11 aromatic rings. The number of para-hydroxylation sites is 3. The van der Waals surface area contributed by atoms with Gasteiger partial charge < -0.3 is 9.13 Å². The molecular formula is C50H32N4. The minimum absolute atomic E-state index is 0.695. The Balaban J connectivity index is 1.23. The summed E-state index contributed by atoms with van der Waals surface area (Å²) in [6.07, 6.45) is 0. The molecule has 0 saturated heterocycles. The average molecular weight is 689 g/mol. The van der Waals surface area contributed by atoms with Crippen molar-refractivity contribution in [2.45, 2.75) is 0 Å². The van der Waals surface area contributed by atoms with Crippen LogP contribution in [0.3, 0.4) is 0 Å². The van der Waals surface area contributed by atoms with Crippen molar-refractivity contribution in [2.24, 2.45) is 0 Å². The highest BCUT2D eigenvalue weighted by atomic mass is 15.0. The molecule has 0 bridgehead atoms. The predicted octanol–water partition coefficient (Wildman–Crippen LogP) is 12.8. The van der Waals surface area contributed by atoms with E-state index in [-0.39, 0.29) is 0 Å². The van der Waals surface area contributed by atoms with Gasteiger partial charge >= 0.3 is 0 Å². The van der Waals surface area contributed by atoms with Gasteiger partial charge in [-0.15, -0.1) is 0 Å². The van der Waals surface area contributed by atoms with E-state index in [1.165, 1.54) is 32.6 Å². The van der Waals surface area contributed by atoms with Gasteiger partial charge in [-0.1, -0.05) is 146 Å². The lowest BCUT2D eigenvalue weighted by Gasteiger charge is -2.15. The van der Waals surface area contributed by atoms with Crippen LogP contribution in [0.15, 0.2) is 194 Å². The molecule has 252 valence electrons. The molecule has 0 aliphatic carbocycles. The zero-order chi connectivity index (χ0) is 35.6. The van der Waals surface area contributed by atoms with Crippen LogP contribution >= 0.6 is 0 Å². The maximum Gasteiger partial charge on any atom is 0.161 e. The van der Waals surface area contributed by atoms with Gasteiger partial charge in [0.15, 0.2) is 5.82 Å². The third-order valence-electron chi connectivity index (χ3n) is 10.7. The zero-order valence-electron chi connectivity index (χ0n) is 29.3. The minimum atomic E-state index is 0.695. The normalized spacial score (nSPS) is 11.7. The van der Waals surface area contributed by atoms with Crippen molar-refractivity contribution in [2.75, 3.05) is 0 Å². The quantitative estimate of drug-likeness (QED) is 0.180. The van der Waals surface area contributed by atoms with Crippen LogP contribution in [-0.2, 0) is 0 Å². The zero-order valence-corrected chi connectivity index (χ0v) is 29.3. The first-order valence-corrected chi connectivity index (χ1v) is 18.3. The second-order valence-electron chi connectivity index (χ2n) is 13.8. The Morgan fingerprint density at radius 2 is 0.907 bits per heavy atom. The van der Waals surface area contributed by atoms with Gasteiger partial charge in [-0.25, -0.2) is 9.97 Å². The van der Waals surface area contributed by atoms with E-state index >= 15 is 0 Å². The molecule has 3 heterocycles. The molecule has 0 spiro atoms. The summed E-state index contributed by atoms with van der Waals surface area (Å²) in [5, 5.41) is 7.16. The fourth-order valence-electron chi connectivity index (χ4n) is 8.32. The van der Waals surface area contributed by atoms with E-state index < -0.39 is 0 Å². The first-order valence-electron chi connectivity index (χ1n) is 18.3. The molecule has 0 atom stereocenters. The average Bonchev–Trinajstić information content (AvgIpc) is 3.77. The molecular weight excluding hydrogens is 657 g/mol. The smallest absolute Gasteiger partial charge is 0.161 e. The van der Waals surface area contributed by atoms with E-state index in [0.29, 0.717) is 5.82 Å². The Hall–Kier alpha value is -7.30. The van der Waals surface area contributed by atoms with Crippen molar-refractivity contribution in [1.82, 2.24) is 19.1 Å². The van der Waals surface area contributed by atoms with Crippen molar-refractivity contribution in [3.63, 3.8) is 0 Å². The predicted molar refractivity (Wildman–Crippen MR) is 225 cm³/mol. The summed E-state index contributed by atoms with van der Waals surface area (Å²) in [5.41, 5.74) is 11.8. The van der Waals surface area contributed by atoms with Crippen LogP contribution in [0.4, 0.5) is 0 Å². The number of fused-ring (bicyclic) bond motifs is 8. The van der Waals surface area contributed by atoms with Crippen LogP contribution in [0.1, 0.15) is 0 Å². The van der Waals surface area contributed by atoms with Gasteiger partial charge in [-0.2, -0.15) is 0 Å². The van der Waals surface area contributed by atoms with Crippen molar-refractivity contribution in [3.05, 3.63) is 194 Å². The van der Waals surface area contributed by atoms with E-state index in [0.717, 1.165) is 61.3 Å². The number of hydrogen-bond donors (Lipinski definition) is 0. The number of nitrogens with zero attached hydrogens (tertiary/aromatic N) is 4. The van der Waals surface area contributed by atoms with Crippen LogP contribution in [-0.4, -0.2) is 19.1 Å².